The highest BCUT2D eigenvalue weighted by molar-refractivity contribution is 5.75. The van der Waals surface area contributed by atoms with Crippen molar-refractivity contribution in [2.75, 3.05) is 0 Å². The minimum Gasteiger partial charge on any atom is -0.480 e. The predicted octanol–water partition coefficient (Wildman–Crippen LogP) is -1.73. The molecule has 1 amide bonds. The van der Waals surface area contributed by atoms with Crippen LogP contribution < -0.4 is 5.32 Å². The second kappa shape index (κ2) is 5.71. The first-order valence-corrected chi connectivity index (χ1v) is 5.35. The lowest BCUT2D eigenvalue weighted by molar-refractivity contribution is -0.138. The molecule has 10 heteroatoms. The van der Waals surface area contributed by atoms with Gasteiger partial charge in [-0.25, -0.2) is 9.36 Å². The number of hydrogen-bond donors (Lipinski definition) is 2. The van der Waals surface area contributed by atoms with E-state index in [1.54, 1.807) is 6.20 Å². The third-order valence-corrected chi connectivity index (χ3v) is 2.13. The van der Waals surface area contributed by atoms with Crippen molar-refractivity contribution >= 4 is 11.9 Å². The number of aliphatic carboxylic acids is 1. The van der Waals surface area contributed by atoms with Crippen molar-refractivity contribution in [3.05, 3.63) is 24.3 Å². The van der Waals surface area contributed by atoms with E-state index in [9.17, 15) is 9.59 Å². The van der Waals surface area contributed by atoms with Crippen LogP contribution in [0.3, 0.4) is 0 Å². The van der Waals surface area contributed by atoms with E-state index in [4.69, 9.17) is 5.11 Å². The van der Waals surface area contributed by atoms with Crippen molar-refractivity contribution in [1.82, 2.24) is 35.3 Å². The highest BCUT2D eigenvalue weighted by atomic mass is 16.4. The van der Waals surface area contributed by atoms with Crippen molar-refractivity contribution in [3.63, 3.8) is 0 Å². The van der Waals surface area contributed by atoms with Crippen LogP contribution in [0.1, 0.15) is 5.69 Å². The number of carbonyl (C=O) groups excluding carboxylic acids is 1. The van der Waals surface area contributed by atoms with Crippen LogP contribution in [0.2, 0.25) is 0 Å². The van der Waals surface area contributed by atoms with Crippen LogP contribution in [-0.2, 0) is 29.2 Å². The molecule has 2 aromatic heterocycles. The van der Waals surface area contributed by atoms with Crippen molar-refractivity contribution in [2.24, 2.45) is 0 Å². The van der Waals surface area contributed by atoms with Gasteiger partial charge in [0.25, 0.3) is 0 Å². The van der Waals surface area contributed by atoms with Gasteiger partial charge < -0.3 is 10.4 Å². The largest absolute Gasteiger partial charge is 0.480 e. The van der Waals surface area contributed by atoms with Gasteiger partial charge in [-0.05, 0) is 0 Å². The average Bonchev–Trinajstić information content (AvgIpc) is 2.97. The summed E-state index contributed by atoms with van der Waals surface area (Å²) in [7, 11) is 0. The van der Waals surface area contributed by atoms with E-state index < -0.39 is 5.97 Å². The van der Waals surface area contributed by atoms with Gasteiger partial charge in [-0.1, -0.05) is 10.4 Å². The summed E-state index contributed by atoms with van der Waals surface area (Å²) in [5.74, 6) is -1.26. The summed E-state index contributed by atoms with van der Waals surface area (Å²) in [6.07, 6.45) is 4.51. The zero-order valence-corrected chi connectivity index (χ0v) is 9.80. The quantitative estimate of drug-likeness (QED) is 0.635. The van der Waals surface area contributed by atoms with Crippen LogP contribution >= 0.6 is 0 Å². The summed E-state index contributed by atoms with van der Waals surface area (Å²) in [5.41, 5.74) is 0.480. The lowest BCUT2D eigenvalue weighted by Gasteiger charge is -2.01. The smallest absolute Gasteiger partial charge is 0.325 e. The minimum absolute atomic E-state index is 0.0588. The van der Waals surface area contributed by atoms with E-state index in [0.717, 1.165) is 0 Å². The molecular weight excluding hydrogens is 254 g/mol. The summed E-state index contributed by atoms with van der Waals surface area (Å²) in [6.45, 7) is -0.0314. The summed E-state index contributed by atoms with van der Waals surface area (Å²) >= 11 is 0. The van der Waals surface area contributed by atoms with Crippen LogP contribution in [0.4, 0.5) is 0 Å². The normalized spacial score (nSPS) is 10.3. The summed E-state index contributed by atoms with van der Waals surface area (Å²) < 4.78 is 2.57. The van der Waals surface area contributed by atoms with Crippen LogP contribution in [0.5, 0.6) is 0 Å². The van der Waals surface area contributed by atoms with Crippen LogP contribution in [0.25, 0.3) is 0 Å². The number of carboxylic acid groups (broad SMARTS) is 1. The number of amides is 1. The van der Waals surface area contributed by atoms with Gasteiger partial charge in [0, 0.05) is 6.20 Å². The maximum Gasteiger partial charge on any atom is 0.325 e. The maximum atomic E-state index is 11.5. The van der Waals surface area contributed by atoms with Gasteiger partial charge in [0.15, 0.2) is 0 Å². The Hall–Kier alpha value is -2.78. The Morgan fingerprint density at radius 1 is 1.26 bits per heavy atom. The average molecular weight is 265 g/mol. The van der Waals surface area contributed by atoms with Gasteiger partial charge >= 0.3 is 5.97 Å². The van der Waals surface area contributed by atoms with E-state index in [1.807, 2.05) is 0 Å². The molecule has 2 heterocycles. The number of carbonyl (C=O) groups is 2. The minimum atomic E-state index is -1.01. The highest BCUT2D eigenvalue weighted by Crippen LogP contribution is 1.93. The SMILES string of the molecule is O=C(O)Cn1cc(CNC(=O)Cn2ccnn2)nn1. The first kappa shape index (κ1) is 12.7. The molecule has 0 unspecified atom stereocenters. The molecule has 0 aromatic carbocycles. The summed E-state index contributed by atoms with van der Waals surface area (Å²) in [5, 5.41) is 25.8. The Morgan fingerprint density at radius 3 is 2.79 bits per heavy atom. The lowest BCUT2D eigenvalue weighted by Crippen LogP contribution is -2.27. The van der Waals surface area contributed by atoms with Gasteiger partial charge in [0.1, 0.15) is 18.8 Å². The second-order valence-corrected chi connectivity index (χ2v) is 3.68. The molecule has 0 spiro atoms. The molecule has 0 saturated heterocycles. The third kappa shape index (κ3) is 3.87. The Balaban J connectivity index is 1.80. The fraction of sp³-hybridized carbons (Fsp3) is 0.333. The maximum absolute atomic E-state index is 11.5. The van der Waals surface area contributed by atoms with Gasteiger partial charge in [0.05, 0.1) is 18.9 Å². The van der Waals surface area contributed by atoms with Gasteiger partial charge in [-0.15, -0.1) is 10.2 Å². The second-order valence-electron chi connectivity index (χ2n) is 3.68. The molecule has 0 bridgehead atoms. The molecular formula is C9H11N7O3. The van der Waals surface area contributed by atoms with Crippen molar-refractivity contribution in [1.29, 1.82) is 0 Å². The molecule has 10 nitrogen and oxygen atoms in total. The molecule has 0 aliphatic carbocycles. The molecule has 0 radical (unpaired) electrons. The Kier molecular flexibility index (Phi) is 3.81. The summed E-state index contributed by atoms with van der Waals surface area (Å²) in [6, 6.07) is 0. The molecule has 0 atom stereocenters. The molecule has 0 aliphatic rings. The lowest BCUT2D eigenvalue weighted by atomic mass is 10.4. The molecule has 2 aromatic rings. The molecule has 0 aliphatic heterocycles. The van der Waals surface area contributed by atoms with Crippen molar-refractivity contribution in [3.8, 4) is 0 Å². The van der Waals surface area contributed by atoms with E-state index in [1.165, 1.54) is 21.8 Å². The number of carboxylic acids is 1. The summed E-state index contributed by atoms with van der Waals surface area (Å²) in [4.78, 5) is 22.0. The van der Waals surface area contributed by atoms with E-state index >= 15 is 0 Å². The predicted molar refractivity (Wildman–Crippen MR) is 59.5 cm³/mol. The Bertz CT molecular complexity index is 562. The topological polar surface area (TPSA) is 128 Å². The van der Waals surface area contributed by atoms with Gasteiger partial charge in [0.2, 0.25) is 5.91 Å². The standard InChI is InChI=1S/C9H11N7O3/c17-8(5-15-2-1-11-13-15)10-3-7-4-16(14-12-7)6-9(18)19/h1-2,4H,3,5-6H2,(H,10,17)(H,18,19). The number of hydrogen-bond acceptors (Lipinski definition) is 6. The van der Waals surface area contributed by atoms with Crippen molar-refractivity contribution in [2.45, 2.75) is 19.6 Å². The van der Waals surface area contributed by atoms with E-state index in [0.29, 0.717) is 5.69 Å². The zero-order chi connectivity index (χ0) is 13.7. The van der Waals surface area contributed by atoms with Gasteiger partial charge in [-0.3, -0.25) is 9.59 Å². The van der Waals surface area contributed by atoms with Crippen molar-refractivity contribution < 1.29 is 14.7 Å². The Morgan fingerprint density at radius 2 is 2.11 bits per heavy atom. The van der Waals surface area contributed by atoms with Gasteiger partial charge in [-0.2, -0.15) is 0 Å². The number of nitrogens with one attached hydrogen (secondary N) is 1. The third-order valence-electron chi connectivity index (χ3n) is 2.13. The number of nitrogens with zero attached hydrogens (tertiary/aromatic N) is 6. The fourth-order valence-corrected chi connectivity index (χ4v) is 1.34. The molecule has 2 N–H and O–H groups in total. The van der Waals surface area contributed by atoms with Crippen LogP contribution in [-0.4, -0.2) is 47.0 Å². The molecule has 100 valence electrons. The fourth-order valence-electron chi connectivity index (χ4n) is 1.34. The first-order chi connectivity index (χ1) is 9.13. The Labute approximate surface area is 107 Å². The highest BCUT2D eigenvalue weighted by Gasteiger charge is 2.07. The molecule has 19 heavy (non-hydrogen) atoms. The van der Waals surface area contributed by atoms with Crippen LogP contribution in [0, 0.1) is 0 Å². The van der Waals surface area contributed by atoms with Crippen LogP contribution in [0.15, 0.2) is 18.6 Å². The molecule has 0 fully saturated rings. The number of aromatic nitrogens is 6. The first-order valence-electron chi connectivity index (χ1n) is 5.35. The molecule has 0 saturated carbocycles. The van der Waals surface area contributed by atoms with E-state index in [-0.39, 0.29) is 25.5 Å². The van der Waals surface area contributed by atoms with E-state index in [2.05, 4.69) is 25.9 Å². The number of rotatable bonds is 6. The monoisotopic (exact) mass is 265 g/mol. The zero-order valence-electron chi connectivity index (χ0n) is 9.80. The molecule has 2 rings (SSSR count).